The second kappa shape index (κ2) is 7.81. The van der Waals surface area contributed by atoms with Crippen LogP contribution in [0, 0.1) is 17.8 Å². The van der Waals surface area contributed by atoms with Gasteiger partial charge in [-0.05, 0) is 48.9 Å². The zero-order valence-electron chi connectivity index (χ0n) is 12.0. The van der Waals surface area contributed by atoms with Gasteiger partial charge in [0.2, 0.25) is 0 Å². The van der Waals surface area contributed by atoms with Crippen molar-refractivity contribution in [2.24, 2.45) is 17.8 Å². The quantitative estimate of drug-likeness (QED) is 0.772. The molecule has 102 valence electrons. The van der Waals surface area contributed by atoms with E-state index in [4.69, 9.17) is 11.6 Å². The summed E-state index contributed by atoms with van der Waals surface area (Å²) in [6.07, 6.45) is 1.06. The van der Waals surface area contributed by atoms with E-state index in [-0.39, 0.29) is 0 Å². The zero-order chi connectivity index (χ0) is 13.5. The Balaban J connectivity index is 2.55. The monoisotopic (exact) mass is 267 g/mol. The van der Waals surface area contributed by atoms with Gasteiger partial charge in [0.25, 0.3) is 0 Å². The zero-order valence-corrected chi connectivity index (χ0v) is 12.8. The summed E-state index contributed by atoms with van der Waals surface area (Å²) in [6, 6.07) is 8.18. The molecule has 0 spiro atoms. The summed E-state index contributed by atoms with van der Waals surface area (Å²) < 4.78 is 0. The van der Waals surface area contributed by atoms with Crippen LogP contribution in [-0.2, 0) is 6.42 Å². The topological polar surface area (TPSA) is 12.0 Å². The van der Waals surface area contributed by atoms with Gasteiger partial charge in [-0.25, -0.2) is 0 Å². The fourth-order valence-electron chi connectivity index (χ4n) is 2.05. The molecule has 0 bridgehead atoms. The van der Waals surface area contributed by atoms with Gasteiger partial charge in [0.15, 0.2) is 0 Å². The summed E-state index contributed by atoms with van der Waals surface area (Å²) in [5.41, 5.74) is 1.27. The molecule has 1 nitrogen and oxygen atoms in total. The van der Waals surface area contributed by atoms with Gasteiger partial charge >= 0.3 is 0 Å². The number of nitrogens with one attached hydrogen (secondary N) is 1. The van der Waals surface area contributed by atoms with Crippen molar-refractivity contribution in [3.8, 4) is 0 Å². The largest absolute Gasteiger partial charge is 0.316 e. The summed E-state index contributed by atoms with van der Waals surface area (Å²) in [5.74, 6) is 2.02. The van der Waals surface area contributed by atoms with Crippen LogP contribution in [0.3, 0.4) is 0 Å². The predicted molar refractivity (Wildman–Crippen MR) is 81.2 cm³/mol. The smallest absolute Gasteiger partial charge is 0.0438 e. The summed E-state index contributed by atoms with van der Waals surface area (Å²) in [6.45, 7) is 11.2. The first-order chi connectivity index (χ1) is 8.50. The molecule has 0 aliphatic rings. The molecular weight excluding hydrogens is 242 g/mol. The number of benzene rings is 1. The van der Waals surface area contributed by atoms with Crippen LogP contribution in [0.1, 0.15) is 33.3 Å². The van der Waals surface area contributed by atoms with Crippen LogP contribution in [0.4, 0.5) is 0 Å². The third-order valence-corrected chi connectivity index (χ3v) is 3.71. The van der Waals surface area contributed by atoms with E-state index >= 15 is 0 Å². The standard InChI is InChI=1S/C16H26ClN/c1-12(2)10-18-11-15(13(3)4)9-14-7-5-6-8-16(14)17/h5-8,12-13,15,18H,9-11H2,1-4H3. The van der Waals surface area contributed by atoms with Crippen LogP contribution in [-0.4, -0.2) is 13.1 Å². The van der Waals surface area contributed by atoms with Crippen molar-refractivity contribution >= 4 is 11.6 Å². The van der Waals surface area contributed by atoms with Crippen molar-refractivity contribution < 1.29 is 0 Å². The Morgan fingerprint density at radius 3 is 2.28 bits per heavy atom. The van der Waals surface area contributed by atoms with E-state index in [1.807, 2.05) is 12.1 Å². The summed E-state index contributed by atoms with van der Waals surface area (Å²) in [7, 11) is 0. The lowest BCUT2D eigenvalue weighted by atomic mass is 9.89. The van der Waals surface area contributed by atoms with E-state index in [0.717, 1.165) is 24.5 Å². The van der Waals surface area contributed by atoms with E-state index in [9.17, 15) is 0 Å². The lowest BCUT2D eigenvalue weighted by Gasteiger charge is -2.22. The highest BCUT2D eigenvalue weighted by Gasteiger charge is 2.15. The van der Waals surface area contributed by atoms with Crippen LogP contribution in [0.25, 0.3) is 0 Å². The van der Waals surface area contributed by atoms with E-state index in [1.165, 1.54) is 5.56 Å². The minimum absolute atomic E-state index is 0.642. The Bertz CT molecular complexity index is 347. The number of hydrogen-bond donors (Lipinski definition) is 1. The molecule has 0 aromatic heterocycles. The van der Waals surface area contributed by atoms with Crippen LogP contribution in [0.5, 0.6) is 0 Å². The minimum Gasteiger partial charge on any atom is -0.316 e. The van der Waals surface area contributed by atoms with Crippen LogP contribution >= 0.6 is 11.6 Å². The van der Waals surface area contributed by atoms with Gasteiger partial charge in [0, 0.05) is 5.02 Å². The Morgan fingerprint density at radius 2 is 1.72 bits per heavy atom. The highest BCUT2D eigenvalue weighted by atomic mass is 35.5. The van der Waals surface area contributed by atoms with E-state index in [0.29, 0.717) is 17.8 Å². The molecule has 0 saturated heterocycles. The maximum absolute atomic E-state index is 6.24. The lowest BCUT2D eigenvalue weighted by molar-refractivity contribution is 0.352. The fourth-order valence-corrected chi connectivity index (χ4v) is 2.26. The summed E-state index contributed by atoms with van der Waals surface area (Å²) in [5, 5.41) is 4.46. The van der Waals surface area contributed by atoms with Crippen LogP contribution < -0.4 is 5.32 Å². The summed E-state index contributed by atoms with van der Waals surface area (Å²) in [4.78, 5) is 0. The maximum atomic E-state index is 6.24. The number of rotatable bonds is 7. The molecule has 0 saturated carbocycles. The Hall–Kier alpha value is -0.530. The van der Waals surface area contributed by atoms with E-state index in [1.54, 1.807) is 0 Å². The highest BCUT2D eigenvalue weighted by Crippen LogP contribution is 2.22. The first-order valence-corrected chi connectivity index (χ1v) is 7.32. The fraction of sp³-hybridized carbons (Fsp3) is 0.625. The van der Waals surface area contributed by atoms with Gasteiger partial charge in [0.1, 0.15) is 0 Å². The number of hydrogen-bond acceptors (Lipinski definition) is 1. The van der Waals surface area contributed by atoms with Gasteiger partial charge in [-0.1, -0.05) is 57.5 Å². The van der Waals surface area contributed by atoms with Gasteiger partial charge < -0.3 is 5.32 Å². The van der Waals surface area contributed by atoms with Crippen molar-refractivity contribution in [1.82, 2.24) is 5.32 Å². The van der Waals surface area contributed by atoms with Gasteiger partial charge in [-0.15, -0.1) is 0 Å². The first-order valence-electron chi connectivity index (χ1n) is 6.94. The SMILES string of the molecule is CC(C)CNCC(Cc1ccccc1Cl)C(C)C. The first kappa shape index (κ1) is 15.5. The molecule has 1 rings (SSSR count). The molecule has 18 heavy (non-hydrogen) atoms. The number of halogens is 1. The maximum Gasteiger partial charge on any atom is 0.0438 e. The average molecular weight is 268 g/mol. The van der Waals surface area contributed by atoms with E-state index < -0.39 is 0 Å². The minimum atomic E-state index is 0.642. The Labute approximate surface area is 117 Å². The van der Waals surface area contributed by atoms with Crippen molar-refractivity contribution in [3.63, 3.8) is 0 Å². The van der Waals surface area contributed by atoms with Gasteiger partial charge in [0.05, 0.1) is 0 Å². The molecule has 0 aliphatic carbocycles. The van der Waals surface area contributed by atoms with Crippen molar-refractivity contribution in [2.75, 3.05) is 13.1 Å². The predicted octanol–water partition coefficient (Wildman–Crippen LogP) is 4.40. The Kier molecular flexibility index (Phi) is 6.73. The molecule has 0 heterocycles. The molecule has 0 aliphatic heterocycles. The molecule has 1 aromatic rings. The summed E-state index contributed by atoms with van der Waals surface area (Å²) >= 11 is 6.24. The molecule has 1 aromatic carbocycles. The molecule has 1 N–H and O–H groups in total. The van der Waals surface area contributed by atoms with Crippen molar-refractivity contribution in [2.45, 2.75) is 34.1 Å². The normalized spacial score (nSPS) is 13.3. The third kappa shape index (κ3) is 5.41. The second-order valence-electron chi connectivity index (χ2n) is 5.85. The Morgan fingerprint density at radius 1 is 1.06 bits per heavy atom. The molecule has 2 heteroatoms. The van der Waals surface area contributed by atoms with E-state index in [2.05, 4.69) is 45.1 Å². The van der Waals surface area contributed by atoms with Crippen molar-refractivity contribution in [3.05, 3.63) is 34.9 Å². The average Bonchev–Trinajstić information content (AvgIpc) is 2.29. The molecule has 0 fully saturated rings. The van der Waals surface area contributed by atoms with Crippen molar-refractivity contribution in [1.29, 1.82) is 0 Å². The van der Waals surface area contributed by atoms with Crippen LogP contribution in [0.15, 0.2) is 24.3 Å². The van der Waals surface area contributed by atoms with Crippen LogP contribution in [0.2, 0.25) is 5.02 Å². The van der Waals surface area contributed by atoms with Gasteiger partial charge in [-0.2, -0.15) is 0 Å². The molecule has 0 amide bonds. The molecule has 1 atom stereocenters. The lowest BCUT2D eigenvalue weighted by Crippen LogP contribution is -2.30. The molecule has 0 radical (unpaired) electrons. The van der Waals surface area contributed by atoms with Gasteiger partial charge in [-0.3, -0.25) is 0 Å². The molecule has 1 unspecified atom stereocenters. The highest BCUT2D eigenvalue weighted by molar-refractivity contribution is 6.31. The second-order valence-corrected chi connectivity index (χ2v) is 6.26. The third-order valence-electron chi connectivity index (χ3n) is 3.34. The molecular formula is C16H26ClN.